The Morgan fingerprint density at radius 2 is 1.97 bits per heavy atom. The minimum Gasteiger partial charge on any atom is -0.383 e. The van der Waals surface area contributed by atoms with Gasteiger partial charge in [-0.15, -0.1) is 0 Å². The zero-order valence-electron chi connectivity index (χ0n) is 17.9. The average Bonchev–Trinajstić information content (AvgIpc) is 3.27. The van der Waals surface area contributed by atoms with E-state index < -0.39 is 0 Å². The van der Waals surface area contributed by atoms with Gasteiger partial charge in [-0.25, -0.2) is 4.98 Å². The van der Waals surface area contributed by atoms with Gasteiger partial charge in [0, 0.05) is 55.6 Å². The van der Waals surface area contributed by atoms with Crippen LogP contribution in [0.3, 0.4) is 0 Å². The number of aryl methyl sites for hydroxylation is 1. The Bertz CT molecular complexity index is 1160. The van der Waals surface area contributed by atoms with E-state index in [0.717, 1.165) is 24.0 Å². The zero-order valence-corrected chi connectivity index (χ0v) is 17.9. The third-order valence-corrected chi connectivity index (χ3v) is 6.37. The molecule has 3 N–H and O–H groups in total. The van der Waals surface area contributed by atoms with Crippen molar-refractivity contribution in [1.29, 1.82) is 0 Å². The molecule has 8 heteroatoms. The molecule has 1 aromatic carbocycles. The summed E-state index contributed by atoms with van der Waals surface area (Å²) in [4.78, 5) is 31.9. The van der Waals surface area contributed by atoms with Gasteiger partial charge in [0.2, 0.25) is 5.91 Å². The van der Waals surface area contributed by atoms with Crippen molar-refractivity contribution in [3.8, 4) is 11.1 Å². The van der Waals surface area contributed by atoms with Gasteiger partial charge < -0.3 is 16.0 Å². The first-order chi connectivity index (χ1) is 15.5. The smallest absolute Gasteiger partial charge is 0.255 e. The molecule has 0 bridgehead atoms. The number of amides is 2. The molecule has 3 heterocycles. The lowest BCUT2D eigenvalue weighted by molar-refractivity contribution is -0.131. The fraction of sp³-hybridized carbons (Fsp3) is 0.333. The monoisotopic (exact) mass is 430 g/mol. The van der Waals surface area contributed by atoms with Crippen LogP contribution in [-0.4, -0.2) is 50.6 Å². The number of likely N-dealkylation sites (tertiary alicyclic amines) is 1. The summed E-state index contributed by atoms with van der Waals surface area (Å²) in [7, 11) is 1.83. The van der Waals surface area contributed by atoms with Crippen LogP contribution in [0.5, 0.6) is 0 Å². The molecule has 164 valence electrons. The van der Waals surface area contributed by atoms with Crippen LogP contribution < -0.4 is 11.1 Å². The predicted molar refractivity (Wildman–Crippen MR) is 121 cm³/mol. The number of hydrogen-bond acceptors (Lipinski definition) is 5. The first-order valence-electron chi connectivity index (χ1n) is 10.9. The van der Waals surface area contributed by atoms with Gasteiger partial charge in [-0.3, -0.25) is 14.3 Å². The predicted octanol–water partition coefficient (Wildman–Crippen LogP) is 2.20. The number of rotatable bonds is 5. The molecule has 1 aliphatic carbocycles. The number of benzene rings is 1. The van der Waals surface area contributed by atoms with Gasteiger partial charge in [-0.2, -0.15) is 5.10 Å². The first-order valence-corrected chi connectivity index (χ1v) is 10.9. The highest BCUT2D eigenvalue weighted by atomic mass is 16.2. The van der Waals surface area contributed by atoms with Crippen LogP contribution >= 0.6 is 0 Å². The van der Waals surface area contributed by atoms with Gasteiger partial charge in [0.1, 0.15) is 5.82 Å². The third kappa shape index (κ3) is 3.95. The molecule has 0 spiro atoms. The van der Waals surface area contributed by atoms with E-state index in [1.165, 1.54) is 5.56 Å². The fourth-order valence-corrected chi connectivity index (χ4v) is 4.50. The summed E-state index contributed by atoms with van der Waals surface area (Å²) < 4.78 is 1.69. The molecule has 2 amide bonds. The summed E-state index contributed by atoms with van der Waals surface area (Å²) in [6.45, 7) is 1.18. The number of nitrogen functional groups attached to an aromatic ring is 1. The SMILES string of the molecule is Cn1cc(-c2cnc(N)c(C(=O)N[C@@H]3CCN(C(=O)[C@@H]4C[C@H]4c4ccccc4)C3)c2)cn1. The normalized spacial score (nSPS) is 22.0. The standard InChI is InChI=1S/C24H26N6O2/c1-29-13-17(12-27-29)16-9-21(22(25)26-11-16)23(31)28-18-7-8-30(14-18)24(32)20-10-19(20)15-5-3-2-4-6-15/h2-6,9,11-13,18-20H,7-8,10,14H2,1H3,(H2,25,26)(H,28,31)/t18-,19+,20-/m1/s1. The molecule has 3 aromatic rings. The molecular formula is C24H26N6O2. The van der Waals surface area contributed by atoms with Crippen molar-refractivity contribution in [3.63, 3.8) is 0 Å². The Labute approximate surface area is 186 Å². The lowest BCUT2D eigenvalue weighted by atomic mass is 10.1. The van der Waals surface area contributed by atoms with Crippen LogP contribution in [0.25, 0.3) is 11.1 Å². The quantitative estimate of drug-likeness (QED) is 0.645. The maximum Gasteiger partial charge on any atom is 0.255 e. The van der Waals surface area contributed by atoms with Crippen LogP contribution in [0.4, 0.5) is 5.82 Å². The highest BCUT2D eigenvalue weighted by Gasteiger charge is 2.46. The largest absolute Gasteiger partial charge is 0.383 e. The van der Waals surface area contributed by atoms with E-state index in [0.29, 0.717) is 24.6 Å². The Kier molecular flexibility index (Phi) is 5.13. The van der Waals surface area contributed by atoms with Gasteiger partial charge in [0.05, 0.1) is 11.8 Å². The van der Waals surface area contributed by atoms with Crippen LogP contribution in [0, 0.1) is 5.92 Å². The van der Waals surface area contributed by atoms with E-state index in [4.69, 9.17) is 5.73 Å². The van der Waals surface area contributed by atoms with Crippen LogP contribution in [0.2, 0.25) is 0 Å². The van der Waals surface area contributed by atoms with Crippen LogP contribution in [-0.2, 0) is 11.8 Å². The lowest BCUT2D eigenvalue weighted by Crippen LogP contribution is -2.39. The summed E-state index contributed by atoms with van der Waals surface area (Å²) in [5.74, 6) is 0.482. The van der Waals surface area contributed by atoms with E-state index in [1.54, 1.807) is 23.1 Å². The molecular weight excluding hydrogens is 404 g/mol. The Balaban J connectivity index is 1.21. The summed E-state index contributed by atoms with van der Waals surface area (Å²) in [5.41, 5.74) is 9.19. The van der Waals surface area contributed by atoms with Crippen LogP contribution in [0.15, 0.2) is 55.0 Å². The molecule has 8 nitrogen and oxygen atoms in total. The number of carbonyl (C=O) groups excluding carboxylic acids is 2. The summed E-state index contributed by atoms with van der Waals surface area (Å²) in [5, 5.41) is 7.19. The number of anilines is 1. The Morgan fingerprint density at radius 1 is 1.16 bits per heavy atom. The van der Waals surface area contributed by atoms with E-state index in [2.05, 4.69) is 27.5 Å². The van der Waals surface area contributed by atoms with Gasteiger partial charge in [-0.1, -0.05) is 30.3 Å². The van der Waals surface area contributed by atoms with Gasteiger partial charge in [0.25, 0.3) is 5.91 Å². The Morgan fingerprint density at radius 3 is 2.72 bits per heavy atom. The van der Waals surface area contributed by atoms with E-state index in [-0.39, 0.29) is 29.6 Å². The molecule has 2 fully saturated rings. The van der Waals surface area contributed by atoms with E-state index >= 15 is 0 Å². The molecule has 2 aromatic heterocycles. The second kappa shape index (κ2) is 8.11. The van der Waals surface area contributed by atoms with Crippen molar-refractivity contribution >= 4 is 17.6 Å². The molecule has 3 atom stereocenters. The van der Waals surface area contributed by atoms with Crippen molar-refractivity contribution in [2.24, 2.45) is 13.0 Å². The zero-order chi connectivity index (χ0) is 22.2. The van der Waals surface area contributed by atoms with Crippen molar-refractivity contribution in [2.75, 3.05) is 18.8 Å². The van der Waals surface area contributed by atoms with Crippen molar-refractivity contribution in [2.45, 2.75) is 24.8 Å². The van der Waals surface area contributed by atoms with Crippen LogP contribution in [0.1, 0.15) is 34.7 Å². The molecule has 1 aliphatic heterocycles. The second-order valence-electron chi connectivity index (χ2n) is 8.66. The highest BCUT2D eigenvalue weighted by molar-refractivity contribution is 5.99. The van der Waals surface area contributed by atoms with Gasteiger partial charge in [-0.05, 0) is 30.4 Å². The molecule has 1 saturated heterocycles. The number of nitrogens with two attached hydrogens (primary N) is 1. The molecule has 0 radical (unpaired) electrons. The number of hydrogen-bond donors (Lipinski definition) is 2. The summed E-state index contributed by atoms with van der Waals surface area (Å²) in [6, 6.07) is 11.8. The highest BCUT2D eigenvalue weighted by Crippen LogP contribution is 2.48. The fourth-order valence-electron chi connectivity index (χ4n) is 4.50. The maximum atomic E-state index is 12.9. The van der Waals surface area contributed by atoms with E-state index in [1.807, 2.05) is 36.3 Å². The number of nitrogens with one attached hydrogen (secondary N) is 1. The number of pyridine rings is 1. The van der Waals surface area contributed by atoms with Crippen molar-refractivity contribution in [3.05, 3.63) is 66.1 Å². The Hall–Kier alpha value is -3.68. The average molecular weight is 431 g/mol. The van der Waals surface area contributed by atoms with Gasteiger partial charge >= 0.3 is 0 Å². The van der Waals surface area contributed by atoms with E-state index in [9.17, 15) is 9.59 Å². The lowest BCUT2D eigenvalue weighted by Gasteiger charge is -2.18. The number of nitrogens with zero attached hydrogens (tertiary/aromatic N) is 4. The molecule has 1 saturated carbocycles. The molecule has 2 aliphatic rings. The second-order valence-corrected chi connectivity index (χ2v) is 8.66. The third-order valence-electron chi connectivity index (χ3n) is 6.37. The molecule has 5 rings (SSSR count). The molecule has 32 heavy (non-hydrogen) atoms. The maximum absolute atomic E-state index is 12.9. The van der Waals surface area contributed by atoms with Crippen molar-refractivity contribution < 1.29 is 9.59 Å². The van der Waals surface area contributed by atoms with Gasteiger partial charge in [0.15, 0.2) is 0 Å². The first kappa shape index (κ1) is 20.2. The topological polar surface area (TPSA) is 106 Å². The minimum atomic E-state index is -0.270. The number of aromatic nitrogens is 3. The van der Waals surface area contributed by atoms with Crippen molar-refractivity contribution in [1.82, 2.24) is 25.0 Å². The minimum absolute atomic E-state index is 0.0582. The summed E-state index contributed by atoms with van der Waals surface area (Å²) >= 11 is 0. The molecule has 0 unspecified atom stereocenters. The summed E-state index contributed by atoms with van der Waals surface area (Å²) in [6.07, 6.45) is 6.85. The number of carbonyl (C=O) groups is 2.